The highest BCUT2D eigenvalue weighted by Gasteiger charge is 2.31. The first-order valence-corrected chi connectivity index (χ1v) is 5.62. The molecule has 1 aliphatic carbocycles. The molecule has 2 aromatic carbocycles. The van der Waals surface area contributed by atoms with Gasteiger partial charge in [0.15, 0.2) is 11.6 Å². The van der Waals surface area contributed by atoms with Gasteiger partial charge in [-0.2, -0.15) is 0 Å². The Morgan fingerprint density at radius 3 is 1.35 bits per heavy atom. The van der Waals surface area contributed by atoms with Crippen molar-refractivity contribution in [2.24, 2.45) is 0 Å². The highest BCUT2D eigenvalue weighted by molar-refractivity contribution is 6.28. The minimum absolute atomic E-state index is 0.280. The van der Waals surface area contributed by atoms with Crippen molar-refractivity contribution in [1.29, 1.82) is 0 Å². The average molecular weight is 272 g/mol. The zero-order valence-corrected chi connectivity index (χ0v) is 9.91. The van der Waals surface area contributed by atoms with E-state index in [1.807, 2.05) is 0 Å². The lowest BCUT2D eigenvalue weighted by Crippen LogP contribution is -2.12. The molecular weight excluding hydrogens is 264 g/mol. The summed E-state index contributed by atoms with van der Waals surface area (Å²) in [7, 11) is 0. The number of aromatic hydroxyl groups is 4. The molecule has 1 aliphatic rings. The van der Waals surface area contributed by atoms with Crippen LogP contribution in [0.2, 0.25) is 0 Å². The summed E-state index contributed by atoms with van der Waals surface area (Å²) in [6.07, 6.45) is 1.94. The molecule has 6 heteroatoms. The van der Waals surface area contributed by atoms with Crippen LogP contribution in [0.4, 0.5) is 0 Å². The van der Waals surface area contributed by atoms with Crippen molar-refractivity contribution in [1.82, 2.24) is 0 Å². The number of hydrogen-bond donors (Lipinski definition) is 4. The molecule has 0 fully saturated rings. The van der Waals surface area contributed by atoms with Gasteiger partial charge in [0.05, 0.1) is 21.9 Å². The molecule has 0 bridgehead atoms. The molecule has 100 valence electrons. The third-order valence-corrected chi connectivity index (χ3v) is 3.24. The minimum Gasteiger partial charge on any atom is -0.507 e. The predicted molar refractivity (Wildman–Crippen MR) is 68.4 cm³/mol. The monoisotopic (exact) mass is 272 g/mol. The van der Waals surface area contributed by atoms with Gasteiger partial charge >= 0.3 is 0 Å². The van der Waals surface area contributed by atoms with Crippen LogP contribution in [0.5, 0.6) is 23.0 Å². The third-order valence-electron chi connectivity index (χ3n) is 3.24. The molecule has 0 aromatic heterocycles. The maximum absolute atomic E-state index is 11.8. The van der Waals surface area contributed by atoms with E-state index in [0.29, 0.717) is 0 Å². The van der Waals surface area contributed by atoms with Gasteiger partial charge in [0.2, 0.25) is 0 Å². The molecule has 6 nitrogen and oxygen atoms in total. The van der Waals surface area contributed by atoms with Crippen molar-refractivity contribution < 1.29 is 30.0 Å². The van der Waals surface area contributed by atoms with Gasteiger partial charge in [-0.3, -0.25) is 9.59 Å². The van der Waals surface area contributed by atoms with Gasteiger partial charge in [0, 0.05) is 0 Å². The highest BCUT2D eigenvalue weighted by atomic mass is 16.3. The van der Waals surface area contributed by atoms with E-state index in [0.717, 1.165) is 24.3 Å². The minimum atomic E-state index is -0.669. The Bertz CT molecular complexity index is 763. The van der Waals surface area contributed by atoms with Crippen LogP contribution in [-0.2, 0) is 0 Å². The van der Waals surface area contributed by atoms with Crippen molar-refractivity contribution in [3.05, 3.63) is 35.4 Å². The maximum Gasteiger partial charge on any atom is 0.190 e. The predicted octanol–water partition coefficient (Wildman–Crippen LogP) is 1.60. The maximum atomic E-state index is 11.8. The number of phenolic OH excluding ortho intramolecular Hbond substituents is 4. The highest BCUT2D eigenvalue weighted by Crippen LogP contribution is 2.48. The lowest BCUT2D eigenvalue weighted by atomic mass is 9.89. The Balaban J connectivity index is 2.63. The average Bonchev–Trinajstić information content (AvgIpc) is 2.41. The fourth-order valence-corrected chi connectivity index (χ4v) is 2.34. The summed E-state index contributed by atoms with van der Waals surface area (Å²) in [5, 5.41) is 39.2. The van der Waals surface area contributed by atoms with Crippen molar-refractivity contribution in [3.8, 4) is 23.0 Å². The zero-order valence-electron chi connectivity index (χ0n) is 9.91. The summed E-state index contributed by atoms with van der Waals surface area (Å²) >= 11 is 0. The molecule has 0 saturated carbocycles. The van der Waals surface area contributed by atoms with Crippen LogP contribution in [0.25, 0.3) is 10.8 Å². The molecule has 0 saturated heterocycles. The van der Waals surface area contributed by atoms with E-state index in [2.05, 4.69) is 0 Å². The van der Waals surface area contributed by atoms with E-state index in [9.17, 15) is 30.0 Å². The van der Waals surface area contributed by atoms with Gasteiger partial charge in [-0.1, -0.05) is 0 Å². The lowest BCUT2D eigenvalue weighted by Gasteiger charge is -2.17. The van der Waals surface area contributed by atoms with Gasteiger partial charge in [0.1, 0.15) is 23.0 Å². The Hall–Kier alpha value is -3.02. The summed E-state index contributed by atoms with van der Waals surface area (Å²) in [5.74, 6) is -3.49. The SMILES string of the molecule is O=C1C=CC(=O)c2c1c(O)c1c(O)ccc(O)c1c2O. The normalized spacial score (nSPS) is 13.8. The number of phenols is 4. The van der Waals surface area contributed by atoms with Gasteiger partial charge in [-0.05, 0) is 24.3 Å². The second-order valence-corrected chi connectivity index (χ2v) is 4.36. The molecule has 20 heavy (non-hydrogen) atoms. The van der Waals surface area contributed by atoms with E-state index in [1.165, 1.54) is 0 Å². The molecule has 0 aliphatic heterocycles. The van der Waals surface area contributed by atoms with E-state index < -0.39 is 34.6 Å². The molecular formula is C14H8O6. The summed E-state index contributed by atoms with van der Waals surface area (Å²) in [5.41, 5.74) is -0.771. The first-order chi connectivity index (χ1) is 9.43. The summed E-state index contributed by atoms with van der Waals surface area (Å²) in [4.78, 5) is 23.6. The Morgan fingerprint density at radius 1 is 0.650 bits per heavy atom. The van der Waals surface area contributed by atoms with Crippen molar-refractivity contribution >= 4 is 22.3 Å². The molecule has 4 N–H and O–H groups in total. The smallest absolute Gasteiger partial charge is 0.190 e. The number of allylic oxidation sites excluding steroid dienone is 2. The summed E-state index contributed by atoms with van der Waals surface area (Å²) in [6, 6.07) is 2.21. The summed E-state index contributed by atoms with van der Waals surface area (Å²) in [6.45, 7) is 0. The van der Waals surface area contributed by atoms with Crippen LogP contribution in [0, 0.1) is 0 Å². The molecule has 0 spiro atoms. The first kappa shape index (κ1) is 12.0. The van der Waals surface area contributed by atoms with E-state index >= 15 is 0 Å². The van der Waals surface area contributed by atoms with Crippen LogP contribution in [0.3, 0.4) is 0 Å². The Labute approximate surface area is 111 Å². The van der Waals surface area contributed by atoms with Gasteiger partial charge < -0.3 is 20.4 Å². The van der Waals surface area contributed by atoms with Crippen molar-refractivity contribution in [2.45, 2.75) is 0 Å². The topological polar surface area (TPSA) is 115 Å². The van der Waals surface area contributed by atoms with E-state index in [4.69, 9.17) is 0 Å². The van der Waals surface area contributed by atoms with Gasteiger partial charge in [0.25, 0.3) is 0 Å². The Kier molecular flexibility index (Phi) is 2.25. The molecule has 2 aromatic rings. The first-order valence-electron chi connectivity index (χ1n) is 5.62. The molecule has 3 rings (SSSR count). The van der Waals surface area contributed by atoms with Crippen molar-refractivity contribution in [3.63, 3.8) is 0 Å². The largest absolute Gasteiger partial charge is 0.507 e. The number of carbonyl (C=O) groups is 2. The quantitative estimate of drug-likeness (QED) is 0.541. The van der Waals surface area contributed by atoms with E-state index in [-0.39, 0.29) is 21.9 Å². The van der Waals surface area contributed by atoms with E-state index in [1.54, 1.807) is 0 Å². The fraction of sp³-hybridized carbons (Fsp3) is 0. The second-order valence-electron chi connectivity index (χ2n) is 4.36. The molecule has 0 radical (unpaired) electrons. The lowest BCUT2D eigenvalue weighted by molar-refractivity contribution is 0.0989. The van der Waals surface area contributed by atoms with Crippen LogP contribution in [0.15, 0.2) is 24.3 Å². The number of carbonyl (C=O) groups excluding carboxylic acids is 2. The number of rotatable bonds is 0. The molecule has 0 heterocycles. The third kappa shape index (κ3) is 1.33. The fourth-order valence-electron chi connectivity index (χ4n) is 2.34. The van der Waals surface area contributed by atoms with Crippen LogP contribution < -0.4 is 0 Å². The number of benzene rings is 2. The Morgan fingerprint density at radius 2 is 1.00 bits per heavy atom. The molecule has 0 amide bonds. The van der Waals surface area contributed by atoms with Crippen LogP contribution in [-0.4, -0.2) is 32.0 Å². The van der Waals surface area contributed by atoms with Crippen LogP contribution >= 0.6 is 0 Å². The number of hydrogen-bond acceptors (Lipinski definition) is 6. The number of fused-ring (bicyclic) bond motifs is 2. The van der Waals surface area contributed by atoms with Crippen molar-refractivity contribution in [2.75, 3.05) is 0 Å². The molecule has 0 unspecified atom stereocenters. The van der Waals surface area contributed by atoms with Gasteiger partial charge in [-0.15, -0.1) is 0 Å². The molecule has 0 atom stereocenters. The summed E-state index contributed by atoms with van der Waals surface area (Å²) < 4.78 is 0. The zero-order chi connectivity index (χ0) is 14.6. The van der Waals surface area contributed by atoms with Crippen LogP contribution in [0.1, 0.15) is 20.7 Å². The number of ketones is 2. The van der Waals surface area contributed by atoms with Gasteiger partial charge in [-0.25, -0.2) is 0 Å². The standard InChI is InChI=1S/C14H8O6/c15-5-1-2-6(16)10-9(5)13(19)11-7(17)3-4-8(18)12(11)14(10)20/h1-4,15-16,19-20H. The second kappa shape index (κ2) is 3.74.